The van der Waals surface area contributed by atoms with E-state index in [2.05, 4.69) is 15.5 Å². The molecule has 5 nitrogen and oxygen atoms in total. The summed E-state index contributed by atoms with van der Waals surface area (Å²) in [6.07, 6.45) is 8.70. The van der Waals surface area contributed by atoms with Gasteiger partial charge in [0, 0.05) is 30.4 Å². The summed E-state index contributed by atoms with van der Waals surface area (Å²) < 4.78 is 1.89. The zero-order chi connectivity index (χ0) is 15.2. The number of rotatable bonds is 4. The Kier molecular flexibility index (Phi) is 4.06. The zero-order valence-electron chi connectivity index (χ0n) is 11.8. The Hall–Kier alpha value is -3.21. The second-order valence-corrected chi connectivity index (χ2v) is 4.59. The number of hydrogen-bond donors (Lipinski definition) is 1. The number of para-hydroxylation sites is 1. The lowest BCUT2D eigenvalue weighted by atomic mass is 10.1. The van der Waals surface area contributed by atoms with Gasteiger partial charge in [-0.3, -0.25) is 9.78 Å². The molecule has 0 fully saturated rings. The maximum absolute atomic E-state index is 12.3. The second kappa shape index (κ2) is 6.49. The maximum atomic E-state index is 12.3. The van der Waals surface area contributed by atoms with Crippen LogP contribution in [0.2, 0.25) is 0 Å². The second-order valence-electron chi connectivity index (χ2n) is 4.59. The van der Waals surface area contributed by atoms with Crippen molar-refractivity contribution in [1.29, 1.82) is 0 Å². The third kappa shape index (κ3) is 3.09. The molecule has 3 rings (SSSR count). The van der Waals surface area contributed by atoms with Crippen molar-refractivity contribution >= 4 is 12.1 Å². The quantitative estimate of drug-likeness (QED) is 0.593. The van der Waals surface area contributed by atoms with Crippen LogP contribution in [0.1, 0.15) is 15.9 Å². The summed E-state index contributed by atoms with van der Waals surface area (Å²) in [4.78, 5) is 16.3. The van der Waals surface area contributed by atoms with Crippen molar-refractivity contribution in [1.82, 2.24) is 15.0 Å². The van der Waals surface area contributed by atoms with Crippen molar-refractivity contribution in [2.75, 3.05) is 0 Å². The summed E-state index contributed by atoms with van der Waals surface area (Å²) in [6, 6.07) is 14.9. The smallest absolute Gasteiger partial charge is 0.273 e. The molecule has 5 heteroatoms. The molecule has 0 aliphatic carbocycles. The molecule has 108 valence electrons. The van der Waals surface area contributed by atoms with E-state index in [0.29, 0.717) is 5.56 Å². The minimum Gasteiger partial charge on any atom is -0.323 e. The van der Waals surface area contributed by atoms with E-state index in [1.165, 1.54) is 0 Å². The number of nitrogens with zero attached hydrogens (tertiary/aromatic N) is 3. The highest BCUT2D eigenvalue weighted by molar-refractivity contribution is 5.98. The van der Waals surface area contributed by atoms with Gasteiger partial charge in [0.15, 0.2) is 0 Å². The summed E-state index contributed by atoms with van der Waals surface area (Å²) in [6.45, 7) is 0. The molecule has 1 N–H and O–H groups in total. The van der Waals surface area contributed by atoms with E-state index >= 15 is 0 Å². The van der Waals surface area contributed by atoms with Crippen molar-refractivity contribution in [2.45, 2.75) is 0 Å². The molecule has 0 atom stereocenters. The minimum atomic E-state index is -0.260. The average molecular weight is 290 g/mol. The highest BCUT2D eigenvalue weighted by atomic mass is 16.2. The first kappa shape index (κ1) is 13.8. The molecule has 0 spiro atoms. The number of hydrazone groups is 1. The van der Waals surface area contributed by atoms with Crippen LogP contribution in [0.3, 0.4) is 0 Å². The Morgan fingerprint density at radius 3 is 2.68 bits per heavy atom. The summed E-state index contributed by atoms with van der Waals surface area (Å²) >= 11 is 0. The SMILES string of the molecule is O=C(NN=Cc1cccnc1)c1ccccc1-n1cccc1. The van der Waals surface area contributed by atoms with Crippen LogP contribution in [-0.4, -0.2) is 21.7 Å². The lowest BCUT2D eigenvalue weighted by molar-refractivity contribution is 0.0955. The van der Waals surface area contributed by atoms with E-state index in [1.807, 2.05) is 59.4 Å². The van der Waals surface area contributed by atoms with Gasteiger partial charge in [-0.05, 0) is 30.3 Å². The number of hydrogen-bond acceptors (Lipinski definition) is 3. The van der Waals surface area contributed by atoms with Gasteiger partial charge < -0.3 is 4.57 Å². The van der Waals surface area contributed by atoms with Gasteiger partial charge in [0.05, 0.1) is 17.5 Å². The molecule has 0 bridgehead atoms. The summed E-state index contributed by atoms with van der Waals surface area (Å²) in [5.41, 5.74) is 4.72. The number of aromatic nitrogens is 2. The predicted octanol–water partition coefficient (Wildman–Crippen LogP) is 2.64. The Bertz CT molecular complexity index is 779. The van der Waals surface area contributed by atoms with E-state index in [9.17, 15) is 4.79 Å². The first-order chi connectivity index (χ1) is 10.8. The van der Waals surface area contributed by atoms with Gasteiger partial charge in [0.25, 0.3) is 5.91 Å². The molecule has 1 amide bonds. The average Bonchev–Trinajstić information content (AvgIpc) is 3.10. The van der Waals surface area contributed by atoms with Gasteiger partial charge in [-0.2, -0.15) is 5.10 Å². The van der Waals surface area contributed by atoms with E-state index in [0.717, 1.165) is 11.3 Å². The fourth-order valence-electron chi connectivity index (χ4n) is 2.06. The normalized spacial score (nSPS) is 10.7. The molecular weight excluding hydrogens is 276 g/mol. The van der Waals surface area contributed by atoms with Crippen LogP contribution >= 0.6 is 0 Å². The largest absolute Gasteiger partial charge is 0.323 e. The molecule has 0 saturated heterocycles. The van der Waals surface area contributed by atoms with Crippen molar-refractivity contribution in [3.8, 4) is 5.69 Å². The van der Waals surface area contributed by atoms with Crippen LogP contribution in [0.15, 0.2) is 78.4 Å². The Labute approximate surface area is 127 Å². The minimum absolute atomic E-state index is 0.260. The van der Waals surface area contributed by atoms with Crippen LogP contribution in [0.5, 0.6) is 0 Å². The number of carbonyl (C=O) groups excluding carboxylic acids is 1. The first-order valence-electron chi connectivity index (χ1n) is 6.80. The van der Waals surface area contributed by atoms with Crippen LogP contribution < -0.4 is 5.43 Å². The van der Waals surface area contributed by atoms with Crippen molar-refractivity contribution in [3.05, 3.63) is 84.4 Å². The molecule has 0 aliphatic rings. The van der Waals surface area contributed by atoms with E-state index in [1.54, 1.807) is 24.7 Å². The molecule has 0 radical (unpaired) electrons. The van der Waals surface area contributed by atoms with E-state index in [-0.39, 0.29) is 5.91 Å². The van der Waals surface area contributed by atoms with Crippen LogP contribution in [0, 0.1) is 0 Å². The highest BCUT2D eigenvalue weighted by Gasteiger charge is 2.10. The van der Waals surface area contributed by atoms with Crippen molar-refractivity contribution < 1.29 is 4.79 Å². The Morgan fingerprint density at radius 1 is 1.09 bits per heavy atom. The number of nitrogens with one attached hydrogen (secondary N) is 1. The van der Waals surface area contributed by atoms with Gasteiger partial charge >= 0.3 is 0 Å². The molecule has 0 saturated carbocycles. The Balaban J connectivity index is 1.77. The fraction of sp³-hybridized carbons (Fsp3) is 0. The number of carbonyl (C=O) groups is 1. The summed E-state index contributed by atoms with van der Waals surface area (Å²) in [5, 5.41) is 3.97. The van der Waals surface area contributed by atoms with Crippen LogP contribution in [-0.2, 0) is 0 Å². The highest BCUT2D eigenvalue weighted by Crippen LogP contribution is 2.14. The first-order valence-corrected chi connectivity index (χ1v) is 6.80. The lowest BCUT2D eigenvalue weighted by Gasteiger charge is -2.08. The van der Waals surface area contributed by atoms with Crippen molar-refractivity contribution in [2.24, 2.45) is 5.10 Å². The molecule has 2 aromatic heterocycles. The number of pyridine rings is 1. The van der Waals surface area contributed by atoms with Gasteiger partial charge in [-0.15, -0.1) is 0 Å². The Morgan fingerprint density at radius 2 is 1.91 bits per heavy atom. The standard InChI is InChI=1S/C17H14N4O/c22-17(20-19-13-14-6-5-9-18-12-14)15-7-1-2-8-16(15)21-10-3-4-11-21/h1-13H,(H,20,22). The molecule has 3 aromatic rings. The fourth-order valence-corrected chi connectivity index (χ4v) is 2.06. The molecule has 0 unspecified atom stereocenters. The van der Waals surface area contributed by atoms with Gasteiger partial charge in [-0.25, -0.2) is 5.43 Å². The van der Waals surface area contributed by atoms with Crippen LogP contribution in [0.4, 0.5) is 0 Å². The molecule has 1 aromatic carbocycles. The molecular formula is C17H14N4O. The predicted molar refractivity (Wildman–Crippen MR) is 85.1 cm³/mol. The van der Waals surface area contributed by atoms with E-state index in [4.69, 9.17) is 0 Å². The summed E-state index contributed by atoms with van der Waals surface area (Å²) in [7, 11) is 0. The monoisotopic (exact) mass is 290 g/mol. The van der Waals surface area contributed by atoms with Crippen LogP contribution in [0.25, 0.3) is 5.69 Å². The van der Waals surface area contributed by atoms with E-state index < -0.39 is 0 Å². The molecule has 0 aliphatic heterocycles. The molecule has 2 heterocycles. The number of amides is 1. The third-order valence-corrected chi connectivity index (χ3v) is 3.10. The number of benzene rings is 1. The van der Waals surface area contributed by atoms with Gasteiger partial charge in [0.1, 0.15) is 0 Å². The summed E-state index contributed by atoms with van der Waals surface area (Å²) in [5.74, 6) is -0.260. The lowest BCUT2D eigenvalue weighted by Crippen LogP contribution is -2.19. The molecule has 22 heavy (non-hydrogen) atoms. The zero-order valence-corrected chi connectivity index (χ0v) is 11.8. The van der Waals surface area contributed by atoms with Crippen molar-refractivity contribution in [3.63, 3.8) is 0 Å². The third-order valence-electron chi connectivity index (χ3n) is 3.10. The topological polar surface area (TPSA) is 59.3 Å². The van der Waals surface area contributed by atoms with Gasteiger partial charge in [0.2, 0.25) is 0 Å². The van der Waals surface area contributed by atoms with Gasteiger partial charge in [-0.1, -0.05) is 18.2 Å². The maximum Gasteiger partial charge on any atom is 0.273 e.